The van der Waals surface area contributed by atoms with Crippen LogP contribution in [0.2, 0.25) is 5.02 Å². The standard InChI is InChI=1S/C25H25ClN4O7/c1-14-5-6-16(26)11-19(14)27-22(32)25-8-7-24(4,23(25,2)3)20(13-25)28-37-21(31)15-9-17(29(33)34)12-18(10-15)30(35)36/h5-6,9-12H,7-8,13H2,1-4H3,(H,27,32). The molecule has 2 aromatic rings. The molecule has 11 nitrogen and oxygen atoms in total. The lowest BCUT2D eigenvalue weighted by Gasteiger charge is -2.39. The molecule has 2 atom stereocenters. The number of nitro groups is 2. The molecule has 0 saturated heterocycles. The summed E-state index contributed by atoms with van der Waals surface area (Å²) in [6.45, 7) is 7.80. The molecule has 0 heterocycles. The Morgan fingerprint density at radius 3 is 2.24 bits per heavy atom. The first-order chi connectivity index (χ1) is 17.2. The maximum atomic E-state index is 13.7. The molecular weight excluding hydrogens is 504 g/mol. The van der Waals surface area contributed by atoms with Gasteiger partial charge in [-0.15, -0.1) is 0 Å². The molecule has 37 heavy (non-hydrogen) atoms. The molecule has 2 bridgehead atoms. The fraction of sp³-hybridized carbons (Fsp3) is 0.400. The van der Waals surface area contributed by atoms with Crippen molar-refractivity contribution in [2.75, 3.05) is 5.32 Å². The van der Waals surface area contributed by atoms with Crippen LogP contribution in [0.15, 0.2) is 41.6 Å². The summed E-state index contributed by atoms with van der Waals surface area (Å²) in [5.41, 5.74) is -1.57. The molecule has 12 heteroatoms. The van der Waals surface area contributed by atoms with Crippen LogP contribution in [0, 0.1) is 43.4 Å². The zero-order valence-corrected chi connectivity index (χ0v) is 21.4. The zero-order chi connectivity index (χ0) is 27.3. The number of nitrogens with one attached hydrogen (secondary N) is 1. The highest BCUT2D eigenvalue weighted by atomic mass is 35.5. The van der Waals surface area contributed by atoms with E-state index in [0.717, 1.165) is 23.8 Å². The zero-order valence-electron chi connectivity index (χ0n) is 20.7. The SMILES string of the molecule is Cc1ccc(Cl)cc1NC(=O)C12CCC(C)(C(=NOC(=O)c3cc([N+](=O)[O-])cc([N+](=O)[O-])c3)C1)C2(C)C. The number of halogens is 1. The van der Waals surface area contributed by atoms with Crippen molar-refractivity contribution in [1.29, 1.82) is 0 Å². The van der Waals surface area contributed by atoms with Crippen LogP contribution < -0.4 is 5.32 Å². The Labute approximate surface area is 217 Å². The van der Waals surface area contributed by atoms with Crippen molar-refractivity contribution in [2.45, 2.75) is 47.0 Å². The van der Waals surface area contributed by atoms with Gasteiger partial charge in [-0.3, -0.25) is 25.0 Å². The molecule has 0 spiro atoms. The van der Waals surface area contributed by atoms with Gasteiger partial charge in [0.15, 0.2) is 0 Å². The molecule has 4 rings (SSSR count). The van der Waals surface area contributed by atoms with Crippen LogP contribution in [0.3, 0.4) is 0 Å². The van der Waals surface area contributed by atoms with Gasteiger partial charge < -0.3 is 10.2 Å². The van der Waals surface area contributed by atoms with Gasteiger partial charge in [0.05, 0.1) is 32.6 Å². The molecule has 0 aromatic heterocycles. The summed E-state index contributed by atoms with van der Waals surface area (Å²) < 4.78 is 0. The van der Waals surface area contributed by atoms with Crippen molar-refractivity contribution < 1.29 is 24.3 Å². The Balaban J connectivity index is 1.62. The third-order valence-electron chi connectivity index (χ3n) is 8.41. The highest BCUT2D eigenvalue weighted by Gasteiger charge is 2.71. The average molecular weight is 529 g/mol. The van der Waals surface area contributed by atoms with E-state index in [0.29, 0.717) is 29.3 Å². The minimum atomic E-state index is -1.07. The Bertz CT molecular complexity index is 1360. The number of hydrogen-bond donors (Lipinski definition) is 1. The minimum Gasteiger partial charge on any atom is -0.325 e. The molecule has 1 amide bonds. The van der Waals surface area contributed by atoms with Crippen LogP contribution in [0.5, 0.6) is 0 Å². The van der Waals surface area contributed by atoms with Crippen molar-refractivity contribution in [3.8, 4) is 0 Å². The maximum Gasteiger partial charge on any atom is 0.366 e. The number of benzene rings is 2. The topological polar surface area (TPSA) is 154 Å². The Kier molecular flexibility index (Phi) is 6.31. The van der Waals surface area contributed by atoms with E-state index in [1.54, 1.807) is 12.1 Å². The molecule has 2 saturated carbocycles. The summed E-state index contributed by atoms with van der Waals surface area (Å²) >= 11 is 6.12. The van der Waals surface area contributed by atoms with Gasteiger partial charge >= 0.3 is 5.97 Å². The van der Waals surface area contributed by atoms with E-state index in [9.17, 15) is 29.8 Å². The first-order valence-electron chi connectivity index (χ1n) is 11.5. The number of fused-ring (bicyclic) bond motifs is 2. The van der Waals surface area contributed by atoms with Crippen molar-refractivity contribution in [2.24, 2.45) is 21.4 Å². The first kappa shape index (κ1) is 26.2. The third kappa shape index (κ3) is 4.12. The van der Waals surface area contributed by atoms with Crippen LogP contribution in [0.4, 0.5) is 17.1 Å². The summed E-state index contributed by atoms with van der Waals surface area (Å²) in [4.78, 5) is 52.1. The van der Waals surface area contributed by atoms with E-state index >= 15 is 0 Å². The molecule has 1 N–H and O–H groups in total. The smallest absolute Gasteiger partial charge is 0.325 e. The number of carbonyl (C=O) groups excluding carboxylic acids is 2. The van der Waals surface area contributed by atoms with Crippen LogP contribution in [0.1, 0.15) is 56.0 Å². The second-order valence-electron chi connectivity index (χ2n) is 10.3. The number of carbonyl (C=O) groups is 2. The molecule has 2 fully saturated rings. The van der Waals surface area contributed by atoms with E-state index in [1.165, 1.54) is 0 Å². The molecule has 194 valence electrons. The fourth-order valence-electron chi connectivity index (χ4n) is 5.57. The highest BCUT2D eigenvalue weighted by molar-refractivity contribution is 6.31. The Hall–Kier alpha value is -3.86. The number of nitrogens with zero attached hydrogens (tertiary/aromatic N) is 3. The molecule has 2 unspecified atom stereocenters. The molecule has 0 radical (unpaired) electrons. The fourth-order valence-corrected chi connectivity index (χ4v) is 5.74. The summed E-state index contributed by atoms with van der Waals surface area (Å²) in [5.74, 6) is -1.26. The van der Waals surface area contributed by atoms with E-state index < -0.39 is 43.4 Å². The summed E-state index contributed by atoms with van der Waals surface area (Å²) in [6, 6.07) is 7.79. The van der Waals surface area contributed by atoms with Gasteiger partial charge in [0.2, 0.25) is 5.91 Å². The average Bonchev–Trinajstić information content (AvgIpc) is 3.15. The minimum absolute atomic E-state index is 0.183. The lowest BCUT2D eigenvalue weighted by Crippen LogP contribution is -2.43. The van der Waals surface area contributed by atoms with Gasteiger partial charge in [-0.25, -0.2) is 4.79 Å². The van der Waals surface area contributed by atoms with E-state index in [1.807, 2.05) is 33.8 Å². The van der Waals surface area contributed by atoms with Crippen molar-refractivity contribution in [3.63, 3.8) is 0 Å². The van der Waals surface area contributed by atoms with Gasteiger partial charge in [-0.05, 0) is 42.9 Å². The summed E-state index contributed by atoms with van der Waals surface area (Å²) in [5, 5.41) is 29.9. The monoisotopic (exact) mass is 528 g/mol. The van der Waals surface area contributed by atoms with Crippen molar-refractivity contribution >= 4 is 46.3 Å². The predicted molar refractivity (Wildman–Crippen MR) is 136 cm³/mol. The third-order valence-corrected chi connectivity index (χ3v) is 8.65. The van der Waals surface area contributed by atoms with Gasteiger partial charge in [-0.1, -0.05) is 43.6 Å². The van der Waals surface area contributed by atoms with E-state index in [4.69, 9.17) is 16.4 Å². The number of nitro benzene ring substituents is 2. The first-order valence-corrected chi connectivity index (χ1v) is 11.9. The van der Waals surface area contributed by atoms with E-state index in [-0.39, 0.29) is 17.9 Å². The van der Waals surface area contributed by atoms with Crippen molar-refractivity contribution in [1.82, 2.24) is 0 Å². The van der Waals surface area contributed by atoms with Crippen LogP contribution in [0.25, 0.3) is 0 Å². The van der Waals surface area contributed by atoms with Crippen LogP contribution >= 0.6 is 11.6 Å². The lowest BCUT2D eigenvalue weighted by atomic mass is 9.64. The van der Waals surface area contributed by atoms with Gasteiger partial charge in [0.1, 0.15) is 0 Å². The number of rotatable bonds is 6. The van der Waals surface area contributed by atoms with Gasteiger partial charge in [0.25, 0.3) is 11.4 Å². The van der Waals surface area contributed by atoms with Gasteiger partial charge in [-0.2, -0.15) is 0 Å². The predicted octanol–water partition coefficient (Wildman–Crippen LogP) is 5.83. The molecule has 0 aliphatic heterocycles. The number of hydrogen-bond acceptors (Lipinski definition) is 8. The number of oxime groups is 1. The molecule has 2 aromatic carbocycles. The van der Waals surface area contributed by atoms with Crippen LogP contribution in [-0.2, 0) is 9.63 Å². The number of aryl methyl sites for hydroxylation is 1. The number of anilines is 1. The Morgan fingerprint density at radius 1 is 1.03 bits per heavy atom. The summed E-state index contributed by atoms with van der Waals surface area (Å²) in [7, 11) is 0. The maximum absolute atomic E-state index is 13.7. The molecule has 2 aliphatic rings. The quantitative estimate of drug-likeness (QED) is 0.281. The van der Waals surface area contributed by atoms with Crippen molar-refractivity contribution in [3.05, 3.63) is 72.8 Å². The number of amides is 1. The Morgan fingerprint density at radius 2 is 1.65 bits per heavy atom. The largest absolute Gasteiger partial charge is 0.366 e. The van der Waals surface area contributed by atoms with Crippen LogP contribution in [-0.4, -0.2) is 27.4 Å². The highest BCUT2D eigenvalue weighted by Crippen LogP contribution is 2.71. The second-order valence-corrected chi connectivity index (χ2v) is 10.7. The normalized spacial score (nSPS) is 24.6. The van der Waals surface area contributed by atoms with Gasteiger partial charge in [0, 0.05) is 34.7 Å². The number of non-ortho nitro benzene ring substituents is 2. The molecule has 2 aliphatic carbocycles. The van der Waals surface area contributed by atoms with E-state index in [2.05, 4.69) is 10.5 Å². The second kappa shape index (κ2) is 8.91. The lowest BCUT2D eigenvalue weighted by molar-refractivity contribution is -0.394. The summed E-state index contributed by atoms with van der Waals surface area (Å²) in [6.07, 6.45) is 1.47. The molecular formula is C25H25ClN4O7.